The molecule has 4 heterocycles. The van der Waals surface area contributed by atoms with Crippen molar-refractivity contribution >= 4 is 0 Å². The summed E-state index contributed by atoms with van der Waals surface area (Å²) in [4.78, 5) is 8.75. The maximum absolute atomic E-state index is 4.54. The predicted octanol–water partition coefficient (Wildman–Crippen LogP) is 3.67. The Bertz CT molecular complexity index is 1330. The number of rotatable bonds is 5. The molecule has 0 aliphatic heterocycles. The number of nitrogens with zero attached hydrogens (tertiary/aromatic N) is 7. The van der Waals surface area contributed by atoms with Crippen LogP contribution in [0.25, 0.3) is 28.5 Å². The Balaban J connectivity index is 1.31. The molecule has 31 heavy (non-hydrogen) atoms. The van der Waals surface area contributed by atoms with E-state index in [1.54, 1.807) is 18.7 Å². The molecule has 0 radical (unpaired) electrons. The quantitative estimate of drug-likeness (QED) is 0.418. The highest BCUT2D eigenvalue weighted by atomic mass is 15.3. The van der Waals surface area contributed by atoms with E-state index in [0.29, 0.717) is 5.92 Å². The van der Waals surface area contributed by atoms with Crippen molar-refractivity contribution in [1.29, 1.82) is 0 Å². The van der Waals surface area contributed by atoms with Gasteiger partial charge in [-0.25, -0.2) is 4.98 Å². The Morgan fingerprint density at radius 3 is 2.65 bits per heavy atom. The first-order valence-corrected chi connectivity index (χ1v) is 10.3. The smallest absolute Gasteiger partial charge is 0.211 e. The fourth-order valence-corrected chi connectivity index (χ4v) is 3.75. The number of hydrogen-bond donors (Lipinski definition) is 0. The zero-order chi connectivity index (χ0) is 20.6. The summed E-state index contributed by atoms with van der Waals surface area (Å²) < 4.78 is 6.12. The zero-order valence-corrected chi connectivity index (χ0v) is 16.8. The molecule has 5 aromatic rings. The largest absolute Gasteiger partial charge is 0.306 e. The molecule has 0 atom stereocenters. The van der Waals surface area contributed by atoms with E-state index in [9.17, 15) is 0 Å². The standard InChI is InChI=1S/C24H20N7/c1-3-19(24-28-27-17-31(24)22-5-2-10-25-14-22)13-21(4-1)29-11-8-20(9-12-29)30-15-23(26-16-30)18-6-7-18/h1-5,8-18H,6-7H2/q+1. The van der Waals surface area contributed by atoms with Crippen LogP contribution in [-0.4, -0.2) is 29.3 Å². The van der Waals surface area contributed by atoms with Crippen LogP contribution in [0.4, 0.5) is 0 Å². The van der Waals surface area contributed by atoms with Crippen LogP contribution in [0.3, 0.4) is 0 Å². The van der Waals surface area contributed by atoms with Crippen molar-refractivity contribution in [2.45, 2.75) is 18.8 Å². The van der Waals surface area contributed by atoms with Crippen LogP contribution >= 0.6 is 0 Å². The SMILES string of the molecule is c1cncc(-n2cnnc2-c2cccc(-[n+]3ccc(-n4cnc(C5CC5)c4)cc3)c2)c1. The maximum atomic E-state index is 4.54. The third kappa shape index (κ3) is 3.40. The van der Waals surface area contributed by atoms with Gasteiger partial charge in [0, 0.05) is 48.1 Å². The normalized spacial score (nSPS) is 13.4. The number of hydrogen-bond acceptors (Lipinski definition) is 4. The van der Waals surface area contributed by atoms with Gasteiger partial charge in [0.15, 0.2) is 18.2 Å². The molecule has 1 fully saturated rings. The highest BCUT2D eigenvalue weighted by molar-refractivity contribution is 5.60. The monoisotopic (exact) mass is 406 g/mol. The third-order valence-corrected chi connectivity index (χ3v) is 5.58. The minimum atomic E-state index is 0.659. The van der Waals surface area contributed by atoms with E-state index < -0.39 is 0 Å². The number of benzene rings is 1. The Kier molecular flexibility index (Phi) is 4.16. The summed E-state index contributed by atoms with van der Waals surface area (Å²) in [5.74, 6) is 1.43. The van der Waals surface area contributed by atoms with Crippen molar-refractivity contribution in [2.24, 2.45) is 0 Å². The van der Waals surface area contributed by atoms with Gasteiger partial charge in [0.25, 0.3) is 0 Å². The van der Waals surface area contributed by atoms with Crippen molar-refractivity contribution in [3.63, 3.8) is 0 Å². The van der Waals surface area contributed by atoms with Crippen molar-refractivity contribution in [3.8, 4) is 28.5 Å². The summed E-state index contributed by atoms with van der Waals surface area (Å²) in [5, 5.41) is 8.45. The van der Waals surface area contributed by atoms with Crippen molar-refractivity contribution in [2.75, 3.05) is 0 Å². The summed E-state index contributed by atoms with van der Waals surface area (Å²) in [6.07, 6.45) is 16.0. The van der Waals surface area contributed by atoms with Gasteiger partial charge in [-0.3, -0.25) is 9.55 Å². The van der Waals surface area contributed by atoms with E-state index in [-0.39, 0.29) is 0 Å². The number of aromatic nitrogens is 7. The average Bonchev–Trinajstić information content (AvgIpc) is 3.35. The molecular weight excluding hydrogens is 386 g/mol. The Morgan fingerprint density at radius 2 is 1.84 bits per heavy atom. The molecule has 4 aromatic heterocycles. The number of pyridine rings is 2. The fraction of sp³-hybridized carbons (Fsp3) is 0.125. The van der Waals surface area contributed by atoms with Gasteiger partial charge < -0.3 is 4.57 Å². The van der Waals surface area contributed by atoms with E-state index in [1.807, 2.05) is 35.2 Å². The molecule has 0 N–H and O–H groups in total. The van der Waals surface area contributed by atoms with E-state index in [4.69, 9.17) is 0 Å². The lowest BCUT2D eigenvalue weighted by molar-refractivity contribution is -0.595. The van der Waals surface area contributed by atoms with Crippen LogP contribution in [0.1, 0.15) is 24.5 Å². The summed E-state index contributed by atoms with van der Waals surface area (Å²) >= 11 is 0. The number of imidazole rings is 1. The van der Waals surface area contributed by atoms with Gasteiger partial charge in [0.05, 0.1) is 29.6 Å². The maximum Gasteiger partial charge on any atom is 0.211 e. The van der Waals surface area contributed by atoms with Crippen molar-refractivity contribution < 1.29 is 4.57 Å². The van der Waals surface area contributed by atoms with E-state index >= 15 is 0 Å². The molecule has 150 valence electrons. The third-order valence-electron chi connectivity index (χ3n) is 5.58. The lowest BCUT2D eigenvalue weighted by Gasteiger charge is -2.06. The zero-order valence-electron chi connectivity index (χ0n) is 16.8. The fourth-order valence-electron chi connectivity index (χ4n) is 3.75. The first-order valence-electron chi connectivity index (χ1n) is 10.3. The molecule has 1 aliphatic rings. The molecule has 7 heteroatoms. The second-order valence-electron chi connectivity index (χ2n) is 7.73. The lowest BCUT2D eigenvalue weighted by atomic mass is 10.1. The van der Waals surface area contributed by atoms with Crippen LogP contribution in [-0.2, 0) is 0 Å². The summed E-state index contributed by atoms with van der Waals surface area (Å²) in [5.41, 5.74) is 5.26. The molecule has 0 saturated heterocycles. The molecule has 0 spiro atoms. The van der Waals surface area contributed by atoms with Crippen LogP contribution in [0.15, 0.2) is 92.2 Å². The molecule has 0 amide bonds. The molecule has 0 unspecified atom stereocenters. The molecule has 1 saturated carbocycles. The van der Waals surface area contributed by atoms with Crippen LogP contribution in [0.5, 0.6) is 0 Å². The lowest BCUT2D eigenvalue weighted by Crippen LogP contribution is -2.29. The molecule has 1 aromatic carbocycles. The first kappa shape index (κ1) is 17.7. The van der Waals surface area contributed by atoms with Gasteiger partial charge in [-0.15, -0.1) is 10.2 Å². The summed E-state index contributed by atoms with van der Waals surface area (Å²) in [6.45, 7) is 0. The Labute approximate surface area is 179 Å². The summed E-state index contributed by atoms with van der Waals surface area (Å²) in [6, 6.07) is 16.4. The molecule has 6 rings (SSSR count). The Hall–Kier alpha value is -4.13. The van der Waals surface area contributed by atoms with Gasteiger partial charge >= 0.3 is 0 Å². The van der Waals surface area contributed by atoms with E-state index in [2.05, 4.69) is 72.2 Å². The molecule has 0 bridgehead atoms. The van der Waals surface area contributed by atoms with E-state index in [0.717, 1.165) is 28.5 Å². The molecule has 1 aliphatic carbocycles. The van der Waals surface area contributed by atoms with Gasteiger partial charge in [-0.2, -0.15) is 4.57 Å². The van der Waals surface area contributed by atoms with Crippen molar-refractivity contribution in [1.82, 2.24) is 29.3 Å². The average molecular weight is 406 g/mol. The van der Waals surface area contributed by atoms with Crippen LogP contribution in [0, 0.1) is 0 Å². The van der Waals surface area contributed by atoms with Gasteiger partial charge in [-0.1, -0.05) is 12.1 Å². The minimum absolute atomic E-state index is 0.659. The first-order chi connectivity index (χ1) is 15.3. The topological polar surface area (TPSA) is 65.3 Å². The van der Waals surface area contributed by atoms with E-state index in [1.165, 1.54) is 18.5 Å². The highest BCUT2D eigenvalue weighted by Gasteiger charge is 2.25. The van der Waals surface area contributed by atoms with Crippen LogP contribution < -0.4 is 4.57 Å². The molecular formula is C24H20N7+. The predicted molar refractivity (Wildman–Crippen MR) is 115 cm³/mol. The highest BCUT2D eigenvalue weighted by Crippen LogP contribution is 2.39. The second-order valence-corrected chi connectivity index (χ2v) is 7.73. The van der Waals surface area contributed by atoms with Gasteiger partial charge in [-0.05, 0) is 25.0 Å². The van der Waals surface area contributed by atoms with Crippen LogP contribution in [0.2, 0.25) is 0 Å². The second kappa shape index (κ2) is 7.28. The van der Waals surface area contributed by atoms with Gasteiger partial charge in [0.2, 0.25) is 5.69 Å². The molecule has 7 nitrogen and oxygen atoms in total. The summed E-state index contributed by atoms with van der Waals surface area (Å²) in [7, 11) is 0. The minimum Gasteiger partial charge on any atom is -0.306 e. The van der Waals surface area contributed by atoms with Crippen molar-refractivity contribution in [3.05, 3.63) is 97.9 Å². The van der Waals surface area contributed by atoms with Gasteiger partial charge in [0.1, 0.15) is 6.33 Å². The Morgan fingerprint density at radius 1 is 0.935 bits per heavy atom.